The summed E-state index contributed by atoms with van der Waals surface area (Å²) in [6.45, 7) is 3.99. The Labute approximate surface area is 471 Å². The summed E-state index contributed by atoms with van der Waals surface area (Å²) in [5, 5.41) is 9.66. The summed E-state index contributed by atoms with van der Waals surface area (Å²) in [6, 6.07) is 0. The second-order valence-corrected chi connectivity index (χ2v) is 21.5. The van der Waals surface area contributed by atoms with Crippen LogP contribution < -0.4 is 0 Å². The molecule has 0 aromatic carbocycles. The lowest BCUT2D eigenvalue weighted by Gasteiger charge is -2.15. The van der Waals surface area contributed by atoms with Gasteiger partial charge in [-0.2, -0.15) is 0 Å². The van der Waals surface area contributed by atoms with E-state index in [4.69, 9.17) is 9.47 Å². The maximum absolute atomic E-state index is 12.3. The van der Waals surface area contributed by atoms with Crippen LogP contribution in [0.5, 0.6) is 0 Å². The van der Waals surface area contributed by atoms with Gasteiger partial charge in [0.2, 0.25) is 0 Å². The minimum atomic E-state index is -0.809. The molecule has 0 aromatic heterocycles. The standard InChI is InChI=1S/C71H122O5/c1-3-5-7-9-11-13-15-17-19-21-23-25-27-28-29-30-31-32-33-34-35-36-37-38-39-40-41-42-44-45-47-49-51-53-55-57-59-61-63-65-70(73)75-68-69(67-72)76-71(74)66-64-62-60-58-56-54-52-50-48-46-43-26-24-22-20-18-16-14-12-10-8-6-4-2/h6,8,12,14-15,17-18,20-21,23-24,26,46,48,52,54,58,60,69,72H,3-5,7,9-11,13,16,19,22,25,27-45,47,49-51,53,55-57,59,61-68H2,1-2H3/b8-6-,14-12-,17-15-,20-18-,23-21-,26-24-,48-46-,54-52-,60-58-. The average molecular weight is 1060 g/mol. The molecule has 1 atom stereocenters. The number of carbonyl (C=O) groups is 2. The van der Waals surface area contributed by atoms with Gasteiger partial charge in [0.1, 0.15) is 6.61 Å². The Kier molecular flexibility index (Phi) is 62.9. The van der Waals surface area contributed by atoms with Gasteiger partial charge < -0.3 is 14.6 Å². The van der Waals surface area contributed by atoms with E-state index in [0.29, 0.717) is 12.8 Å². The number of aliphatic hydroxyl groups is 1. The third-order valence-electron chi connectivity index (χ3n) is 14.1. The summed E-state index contributed by atoms with van der Waals surface area (Å²) >= 11 is 0. The van der Waals surface area contributed by atoms with E-state index in [-0.39, 0.29) is 31.6 Å². The number of allylic oxidation sites excluding steroid dienone is 18. The monoisotopic (exact) mass is 1050 g/mol. The van der Waals surface area contributed by atoms with Gasteiger partial charge in [-0.3, -0.25) is 9.59 Å². The molecule has 0 saturated carbocycles. The minimum absolute atomic E-state index is 0.0922. The molecule has 436 valence electrons. The van der Waals surface area contributed by atoms with Gasteiger partial charge >= 0.3 is 11.9 Å². The first kappa shape index (κ1) is 72.6. The van der Waals surface area contributed by atoms with Crippen LogP contribution >= 0.6 is 0 Å². The third-order valence-corrected chi connectivity index (χ3v) is 14.1. The lowest BCUT2D eigenvalue weighted by molar-refractivity contribution is -0.161. The molecule has 0 rings (SSSR count). The van der Waals surface area contributed by atoms with Gasteiger partial charge in [0.25, 0.3) is 0 Å². The molecule has 1 N–H and O–H groups in total. The van der Waals surface area contributed by atoms with Crippen molar-refractivity contribution in [1.82, 2.24) is 0 Å². The van der Waals surface area contributed by atoms with Gasteiger partial charge in [-0.25, -0.2) is 0 Å². The third kappa shape index (κ3) is 63.1. The van der Waals surface area contributed by atoms with Crippen molar-refractivity contribution in [1.29, 1.82) is 0 Å². The topological polar surface area (TPSA) is 72.8 Å². The maximum Gasteiger partial charge on any atom is 0.306 e. The molecule has 0 bridgehead atoms. The summed E-state index contributed by atoms with van der Waals surface area (Å²) in [6.07, 6.45) is 95.5. The summed E-state index contributed by atoms with van der Waals surface area (Å²) in [7, 11) is 0. The number of hydrogen-bond acceptors (Lipinski definition) is 5. The van der Waals surface area contributed by atoms with Gasteiger partial charge in [-0.05, 0) is 96.3 Å². The Balaban J connectivity index is 3.48. The summed E-state index contributed by atoms with van der Waals surface area (Å²) in [5.41, 5.74) is 0. The van der Waals surface area contributed by atoms with Crippen LogP contribution in [-0.2, 0) is 19.1 Å². The predicted octanol–water partition coefficient (Wildman–Crippen LogP) is 22.4. The largest absolute Gasteiger partial charge is 0.462 e. The normalized spacial score (nSPS) is 12.9. The van der Waals surface area contributed by atoms with Crippen molar-refractivity contribution in [2.24, 2.45) is 0 Å². The minimum Gasteiger partial charge on any atom is -0.462 e. The van der Waals surface area contributed by atoms with Crippen LogP contribution in [0, 0.1) is 0 Å². The fourth-order valence-corrected chi connectivity index (χ4v) is 9.23. The van der Waals surface area contributed by atoms with Gasteiger partial charge in [0, 0.05) is 12.8 Å². The lowest BCUT2D eigenvalue weighted by Crippen LogP contribution is -2.28. The van der Waals surface area contributed by atoms with E-state index in [1.54, 1.807) is 0 Å². The fraction of sp³-hybridized carbons (Fsp3) is 0.718. The molecule has 1 unspecified atom stereocenters. The molecule has 0 radical (unpaired) electrons. The first-order valence-corrected chi connectivity index (χ1v) is 32.4. The molecular weight excluding hydrogens is 933 g/mol. The van der Waals surface area contributed by atoms with Gasteiger partial charge in [0.05, 0.1) is 6.61 Å². The van der Waals surface area contributed by atoms with Crippen molar-refractivity contribution >= 4 is 11.9 Å². The zero-order valence-electron chi connectivity index (χ0n) is 50.0. The smallest absolute Gasteiger partial charge is 0.306 e. The highest BCUT2D eigenvalue weighted by atomic mass is 16.6. The second-order valence-electron chi connectivity index (χ2n) is 21.5. The van der Waals surface area contributed by atoms with Crippen LogP contribution in [-0.4, -0.2) is 36.4 Å². The molecule has 0 aromatic rings. The molecule has 0 saturated heterocycles. The van der Waals surface area contributed by atoms with Crippen molar-refractivity contribution in [2.75, 3.05) is 13.2 Å². The van der Waals surface area contributed by atoms with Gasteiger partial charge in [-0.1, -0.05) is 309 Å². The van der Waals surface area contributed by atoms with Crippen LogP contribution in [0.2, 0.25) is 0 Å². The second kappa shape index (κ2) is 65.8. The Morgan fingerprint density at radius 2 is 0.579 bits per heavy atom. The highest BCUT2D eigenvalue weighted by Crippen LogP contribution is 2.17. The van der Waals surface area contributed by atoms with Gasteiger partial charge in [0.15, 0.2) is 6.10 Å². The number of aliphatic hydroxyl groups excluding tert-OH is 1. The van der Waals surface area contributed by atoms with Crippen LogP contribution in [0.4, 0.5) is 0 Å². The molecular formula is C71H122O5. The van der Waals surface area contributed by atoms with Crippen molar-refractivity contribution in [3.05, 3.63) is 109 Å². The zero-order valence-corrected chi connectivity index (χ0v) is 50.0. The number of hydrogen-bond donors (Lipinski definition) is 1. The predicted molar refractivity (Wildman–Crippen MR) is 334 cm³/mol. The number of unbranched alkanes of at least 4 members (excludes halogenated alkanes) is 33. The van der Waals surface area contributed by atoms with E-state index < -0.39 is 6.10 Å². The quantitative estimate of drug-likeness (QED) is 0.0373. The first-order chi connectivity index (χ1) is 37.6. The van der Waals surface area contributed by atoms with E-state index >= 15 is 0 Å². The van der Waals surface area contributed by atoms with Crippen molar-refractivity contribution in [3.63, 3.8) is 0 Å². The zero-order chi connectivity index (χ0) is 54.8. The highest BCUT2D eigenvalue weighted by molar-refractivity contribution is 5.70. The fourth-order valence-electron chi connectivity index (χ4n) is 9.23. The molecule has 0 heterocycles. The SMILES string of the molecule is CC/C=C\C/C=C\C/C=C\C/C=C\C/C=C\C/C=C\C/C=C\CCCC(=O)OC(CO)COC(=O)CCCCCCCCCCCCCCCCCCCCCCCCCCCCC/C=C\C/C=C\CCCCCCC. The van der Waals surface area contributed by atoms with E-state index in [1.165, 1.54) is 199 Å². The van der Waals surface area contributed by atoms with Crippen LogP contribution in [0.1, 0.15) is 309 Å². The van der Waals surface area contributed by atoms with Crippen LogP contribution in [0.15, 0.2) is 109 Å². The molecule has 76 heavy (non-hydrogen) atoms. The van der Waals surface area contributed by atoms with E-state index in [1.807, 2.05) is 0 Å². The average Bonchev–Trinajstić information content (AvgIpc) is 3.42. The van der Waals surface area contributed by atoms with Crippen LogP contribution in [0.3, 0.4) is 0 Å². The molecule has 0 aliphatic carbocycles. The van der Waals surface area contributed by atoms with Crippen molar-refractivity contribution < 1.29 is 24.2 Å². The molecule has 0 amide bonds. The molecule has 0 fully saturated rings. The molecule has 0 spiro atoms. The van der Waals surface area contributed by atoms with Crippen LogP contribution in [0.25, 0.3) is 0 Å². The summed E-state index contributed by atoms with van der Waals surface area (Å²) in [5.74, 6) is -0.655. The van der Waals surface area contributed by atoms with E-state index in [9.17, 15) is 14.7 Å². The number of esters is 2. The number of rotatable bonds is 59. The number of carbonyl (C=O) groups excluding carboxylic acids is 2. The Morgan fingerprint density at radius 3 is 0.895 bits per heavy atom. The van der Waals surface area contributed by atoms with Crippen molar-refractivity contribution in [2.45, 2.75) is 315 Å². The van der Waals surface area contributed by atoms with E-state index in [2.05, 4.69) is 123 Å². The maximum atomic E-state index is 12.3. The molecule has 5 heteroatoms. The number of ether oxygens (including phenoxy) is 2. The first-order valence-electron chi connectivity index (χ1n) is 32.4. The Hall–Kier alpha value is -3.44. The highest BCUT2D eigenvalue weighted by Gasteiger charge is 2.16. The van der Waals surface area contributed by atoms with E-state index in [0.717, 1.165) is 77.0 Å². The van der Waals surface area contributed by atoms with Gasteiger partial charge in [-0.15, -0.1) is 0 Å². The molecule has 0 aliphatic heterocycles. The Morgan fingerprint density at radius 1 is 0.316 bits per heavy atom. The van der Waals surface area contributed by atoms with Crippen molar-refractivity contribution in [3.8, 4) is 0 Å². The lowest BCUT2D eigenvalue weighted by atomic mass is 10.0. The Bertz CT molecular complexity index is 1470. The molecule has 0 aliphatic rings. The summed E-state index contributed by atoms with van der Waals surface area (Å²) in [4.78, 5) is 24.5. The molecule has 5 nitrogen and oxygen atoms in total. The summed E-state index contributed by atoms with van der Waals surface area (Å²) < 4.78 is 10.7.